The second kappa shape index (κ2) is 7.35. The van der Waals surface area contributed by atoms with E-state index in [9.17, 15) is 8.42 Å². The van der Waals surface area contributed by atoms with Gasteiger partial charge in [0.1, 0.15) is 0 Å². The number of ether oxygens (including phenoxy) is 1. The van der Waals surface area contributed by atoms with E-state index in [1.807, 2.05) is 13.8 Å². The third kappa shape index (κ3) is 5.39. The summed E-state index contributed by atoms with van der Waals surface area (Å²) in [6.07, 6.45) is 3.99. The van der Waals surface area contributed by atoms with Gasteiger partial charge < -0.3 is 10.1 Å². The zero-order chi connectivity index (χ0) is 15.3. The molecule has 0 radical (unpaired) electrons. The first kappa shape index (κ1) is 16.4. The SMILES string of the molecule is CC(C)NCc1cn[nH]c1S(=O)(=O)NCCOCC1CC1. The summed E-state index contributed by atoms with van der Waals surface area (Å²) >= 11 is 0. The number of H-pyrrole nitrogens is 1. The normalized spacial score (nSPS) is 15.8. The summed E-state index contributed by atoms with van der Waals surface area (Å²) in [4.78, 5) is 0. The van der Waals surface area contributed by atoms with Crippen LogP contribution in [-0.2, 0) is 21.3 Å². The van der Waals surface area contributed by atoms with Crippen LogP contribution in [0.3, 0.4) is 0 Å². The molecule has 1 saturated carbocycles. The molecule has 0 bridgehead atoms. The number of rotatable bonds is 10. The molecule has 0 saturated heterocycles. The van der Waals surface area contributed by atoms with Gasteiger partial charge in [-0.1, -0.05) is 13.8 Å². The summed E-state index contributed by atoms with van der Waals surface area (Å²) in [5.41, 5.74) is 0.634. The highest BCUT2D eigenvalue weighted by Crippen LogP contribution is 2.28. The van der Waals surface area contributed by atoms with E-state index in [2.05, 4.69) is 20.2 Å². The van der Waals surface area contributed by atoms with Crippen LogP contribution in [0.5, 0.6) is 0 Å². The lowest BCUT2D eigenvalue weighted by atomic mass is 10.3. The van der Waals surface area contributed by atoms with Gasteiger partial charge in [0, 0.05) is 31.3 Å². The van der Waals surface area contributed by atoms with E-state index in [0.717, 1.165) is 6.61 Å². The maximum absolute atomic E-state index is 12.2. The van der Waals surface area contributed by atoms with Crippen molar-refractivity contribution in [2.24, 2.45) is 5.92 Å². The molecule has 0 spiro atoms. The van der Waals surface area contributed by atoms with Gasteiger partial charge in [-0.25, -0.2) is 13.1 Å². The first-order valence-electron chi connectivity index (χ1n) is 7.32. The zero-order valence-corrected chi connectivity index (χ0v) is 13.4. The van der Waals surface area contributed by atoms with Gasteiger partial charge in [0.05, 0.1) is 12.8 Å². The van der Waals surface area contributed by atoms with Gasteiger partial charge in [-0.2, -0.15) is 5.10 Å². The molecule has 0 atom stereocenters. The van der Waals surface area contributed by atoms with Crippen LogP contribution in [0.2, 0.25) is 0 Å². The van der Waals surface area contributed by atoms with Gasteiger partial charge in [0.25, 0.3) is 10.0 Å². The summed E-state index contributed by atoms with van der Waals surface area (Å²) in [5.74, 6) is 0.683. The maximum atomic E-state index is 12.2. The first-order chi connectivity index (χ1) is 9.99. The molecule has 1 aliphatic rings. The molecule has 21 heavy (non-hydrogen) atoms. The van der Waals surface area contributed by atoms with Gasteiger partial charge in [0.15, 0.2) is 5.03 Å². The predicted molar refractivity (Wildman–Crippen MR) is 79.3 cm³/mol. The number of nitrogens with one attached hydrogen (secondary N) is 3. The van der Waals surface area contributed by atoms with Gasteiger partial charge in [0.2, 0.25) is 0 Å². The molecule has 3 N–H and O–H groups in total. The van der Waals surface area contributed by atoms with Crippen molar-refractivity contribution in [3.05, 3.63) is 11.8 Å². The Bertz CT molecular complexity index is 537. The summed E-state index contributed by atoms with van der Waals surface area (Å²) in [5, 5.41) is 9.69. The minimum atomic E-state index is -3.57. The molecule has 0 aromatic carbocycles. The molecular weight excluding hydrogens is 292 g/mol. The fourth-order valence-corrected chi connectivity index (χ4v) is 2.97. The van der Waals surface area contributed by atoms with E-state index in [1.54, 1.807) is 0 Å². The quantitative estimate of drug-likeness (QED) is 0.550. The van der Waals surface area contributed by atoms with Crippen molar-refractivity contribution in [1.82, 2.24) is 20.2 Å². The third-order valence-electron chi connectivity index (χ3n) is 3.24. The first-order valence-corrected chi connectivity index (χ1v) is 8.80. The Balaban J connectivity index is 1.81. The Morgan fingerprint density at radius 2 is 2.24 bits per heavy atom. The summed E-state index contributed by atoms with van der Waals surface area (Å²) in [6.45, 7) is 5.86. The van der Waals surface area contributed by atoms with Crippen LogP contribution in [0, 0.1) is 5.92 Å². The average Bonchev–Trinajstić information content (AvgIpc) is 3.11. The summed E-state index contributed by atoms with van der Waals surface area (Å²) in [6, 6.07) is 0.277. The van der Waals surface area contributed by atoms with Crippen molar-refractivity contribution < 1.29 is 13.2 Å². The van der Waals surface area contributed by atoms with Crippen molar-refractivity contribution >= 4 is 10.0 Å². The molecule has 1 aliphatic carbocycles. The Morgan fingerprint density at radius 1 is 1.48 bits per heavy atom. The number of nitrogens with zero attached hydrogens (tertiary/aromatic N) is 1. The molecular formula is C13H24N4O3S. The second-order valence-electron chi connectivity index (χ2n) is 5.68. The standard InChI is InChI=1S/C13H24N4O3S/c1-10(2)14-7-12-8-15-17-13(12)21(18,19)16-5-6-20-9-11-3-4-11/h8,10-11,14,16H,3-7,9H2,1-2H3,(H,15,17). The van der Waals surface area contributed by atoms with Crippen LogP contribution in [-0.4, -0.2) is 44.4 Å². The van der Waals surface area contributed by atoms with Crippen molar-refractivity contribution in [2.45, 2.75) is 44.3 Å². The molecule has 1 aromatic rings. The monoisotopic (exact) mass is 316 g/mol. The molecule has 2 rings (SSSR count). The number of aromatic nitrogens is 2. The third-order valence-corrected chi connectivity index (χ3v) is 4.71. The highest BCUT2D eigenvalue weighted by Gasteiger charge is 2.22. The van der Waals surface area contributed by atoms with E-state index in [1.165, 1.54) is 19.0 Å². The van der Waals surface area contributed by atoms with E-state index in [0.29, 0.717) is 24.6 Å². The van der Waals surface area contributed by atoms with Gasteiger partial charge in [-0.05, 0) is 18.8 Å². The van der Waals surface area contributed by atoms with Gasteiger partial charge in [-0.3, -0.25) is 5.10 Å². The number of hydrogen-bond donors (Lipinski definition) is 3. The lowest BCUT2D eigenvalue weighted by molar-refractivity contribution is 0.129. The Labute approximate surface area is 125 Å². The molecule has 0 amide bonds. The molecule has 0 aliphatic heterocycles. The highest BCUT2D eigenvalue weighted by atomic mass is 32.2. The molecule has 0 unspecified atom stereocenters. The predicted octanol–water partition coefficient (Wildman–Crippen LogP) is 0.613. The van der Waals surface area contributed by atoms with E-state index in [-0.39, 0.29) is 17.6 Å². The Kier molecular flexibility index (Phi) is 5.74. The van der Waals surface area contributed by atoms with Crippen LogP contribution < -0.4 is 10.0 Å². The van der Waals surface area contributed by atoms with Crippen molar-refractivity contribution in [2.75, 3.05) is 19.8 Å². The number of aromatic amines is 1. The van der Waals surface area contributed by atoms with Crippen molar-refractivity contribution in [3.8, 4) is 0 Å². The molecule has 1 heterocycles. The molecule has 8 heteroatoms. The molecule has 1 fully saturated rings. The zero-order valence-electron chi connectivity index (χ0n) is 12.6. The topological polar surface area (TPSA) is 96.1 Å². The molecule has 120 valence electrons. The number of hydrogen-bond acceptors (Lipinski definition) is 5. The largest absolute Gasteiger partial charge is 0.380 e. The summed E-state index contributed by atoms with van der Waals surface area (Å²) in [7, 11) is -3.57. The molecule has 1 aromatic heterocycles. The van der Waals surface area contributed by atoms with Crippen LogP contribution in [0.25, 0.3) is 0 Å². The van der Waals surface area contributed by atoms with Crippen LogP contribution >= 0.6 is 0 Å². The highest BCUT2D eigenvalue weighted by molar-refractivity contribution is 7.89. The van der Waals surface area contributed by atoms with Gasteiger partial charge >= 0.3 is 0 Å². The van der Waals surface area contributed by atoms with Crippen molar-refractivity contribution in [1.29, 1.82) is 0 Å². The fraction of sp³-hybridized carbons (Fsp3) is 0.769. The smallest absolute Gasteiger partial charge is 0.257 e. The lowest BCUT2D eigenvalue weighted by Gasteiger charge is -2.10. The van der Waals surface area contributed by atoms with Crippen LogP contribution in [0.4, 0.5) is 0 Å². The lowest BCUT2D eigenvalue weighted by Crippen LogP contribution is -2.30. The average molecular weight is 316 g/mol. The minimum Gasteiger partial charge on any atom is -0.380 e. The Hall–Kier alpha value is -0.960. The summed E-state index contributed by atoms with van der Waals surface area (Å²) < 4.78 is 32.4. The Morgan fingerprint density at radius 3 is 2.90 bits per heavy atom. The number of sulfonamides is 1. The fourth-order valence-electron chi connectivity index (χ4n) is 1.83. The molecule has 7 nitrogen and oxygen atoms in total. The minimum absolute atomic E-state index is 0.123. The van der Waals surface area contributed by atoms with E-state index >= 15 is 0 Å². The van der Waals surface area contributed by atoms with E-state index in [4.69, 9.17) is 4.74 Å². The van der Waals surface area contributed by atoms with Crippen LogP contribution in [0.15, 0.2) is 11.2 Å². The second-order valence-corrected chi connectivity index (χ2v) is 7.38. The van der Waals surface area contributed by atoms with E-state index < -0.39 is 10.0 Å². The maximum Gasteiger partial charge on any atom is 0.257 e. The van der Waals surface area contributed by atoms with Crippen molar-refractivity contribution in [3.63, 3.8) is 0 Å². The van der Waals surface area contributed by atoms with Gasteiger partial charge in [-0.15, -0.1) is 0 Å². The van der Waals surface area contributed by atoms with Crippen LogP contribution in [0.1, 0.15) is 32.3 Å².